The van der Waals surface area contributed by atoms with Crippen molar-refractivity contribution in [2.24, 2.45) is 16.8 Å². The molecule has 33 heavy (non-hydrogen) atoms. The second-order valence-corrected chi connectivity index (χ2v) is 9.45. The van der Waals surface area contributed by atoms with E-state index in [9.17, 15) is 4.79 Å². The molecule has 176 valence electrons. The van der Waals surface area contributed by atoms with Crippen LogP contribution in [0, 0.1) is 11.8 Å². The number of pyridine rings is 1. The van der Waals surface area contributed by atoms with Gasteiger partial charge in [0.2, 0.25) is 0 Å². The summed E-state index contributed by atoms with van der Waals surface area (Å²) in [5.74, 6) is 2.20. The average Bonchev–Trinajstić information content (AvgIpc) is 2.87. The van der Waals surface area contributed by atoms with Crippen molar-refractivity contribution >= 4 is 35.2 Å². The quantitative estimate of drug-likeness (QED) is 0.289. The highest BCUT2D eigenvalue weighted by Crippen LogP contribution is 2.29. The van der Waals surface area contributed by atoms with Crippen LogP contribution in [0.3, 0.4) is 0 Å². The molecule has 1 aromatic carbocycles. The zero-order valence-electron chi connectivity index (χ0n) is 19.1. The van der Waals surface area contributed by atoms with Gasteiger partial charge in [0.15, 0.2) is 17.9 Å². The summed E-state index contributed by atoms with van der Waals surface area (Å²) in [4.78, 5) is 21.2. The summed E-state index contributed by atoms with van der Waals surface area (Å²) < 4.78 is 5.42. The molecule has 2 fully saturated rings. The molecule has 0 unspecified atom stereocenters. The lowest BCUT2D eigenvalue weighted by atomic mass is 9.89. The van der Waals surface area contributed by atoms with Gasteiger partial charge in [-0.15, -0.1) is 0 Å². The lowest BCUT2D eigenvalue weighted by Crippen LogP contribution is -2.22. The molecule has 2 aliphatic rings. The first kappa shape index (κ1) is 23.7. The molecule has 1 aliphatic carbocycles. The molecule has 0 atom stereocenters. The molecular weight excluding hydrogens is 436 g/mol. The van der Waals surface area contributed by atoms with Gasteiger partial charge in [-0.3, -0.25) is 9.79 Å². The number of halogens is 1. The standard InChI is InChI=1S/C26H33ClN4O2/c27-22-8-6-21(7-9-22)23-10-11-24(26(31-23)29-17-19-4-2-1-3-5-19)30-25(18-32)28-16-20-12-14-33-15-13-20/h6-11,18-20H,1-5,12-17H2,(H,28,30)(H,29,31). The molecule has 0 radical (unpaired) electrons. The van der Waals surface area contributed by atoms with Gasteiger partial charge < -0.3 is 15.4 Å². The summed E-state index contributed by atoms with van der Waals surface area (Å²) in [5.41, 5.74) is 2.62. The van der Waals surface area contributed by atoms with Crippen LogP contribution in [-0.2, 0) is 9.53 Å². The number of rotatable bonds is 8. The summed E-state index contributed by atoms with van der Waals surface area (Å²) in [6, 6.07) is 11.6. The van der Waals surface area contributed by atoms with Gasteiger partial charge in [0.1, 0.15) is 0 Å². The molecule has 7 heteroatoms. The summed E-state index contributed by atoms with van der Waals surface area (Å²) in [7, 11) is 0. The van der Waals surface area contributed by atoms with Crippen molar-refractivity contribution in [1.29, 1.82) is 0 Å². The van der Waals surface area contributed by atoms with Gasteiger partial charge in [-0.05, 0) is 61.8 Å². The summed E-state index contributed by atoms with van der Waals surface area (Å²) in [5, 5.41) is 7.47. The number of aldehydes is 1. The zero-order chi connectivity index (χ0) is 22.9. The minimum Gasteiger partial charge on any atom is -0.381 e. The number of ether oxygens (including phenoxy) is 1. The Bertz CT molecular complexity index is 936. The molecule has 1 saturated heterocycles. The van der Waals surface area contributed by atoms with E-state index in [4.69, 9.17) is 21.3 Å². The predicted octanol–water partition coefficient (Wildman–Crippen LogP) is 5.83. The van der Waals surface area contributed by atoms with E-state index in [0.717, 1.165) is 61.6 Å². The fraction of sp³-hybridized carbons (Fsp3) is 0.500. The fourth-order valence-electron chi connectivity index (χ4n) is 4.51. The van der Waals surface area contributed by atoms with E-state index in [2.05, 4.69) is 15.6 Å². The molecule has 1 aromatic heterocycles. The predicted molar refractivity (Wildman–Crippen MR) is 135 cm³/mol. The van der Waals surface area contributed by atoms with Gasteiger partial charge in [-0.25, -0.2) is 4.98 Å². The maximum Gasteiger partial charge on any atom is 0.185 e. The molecular formula is C26H33ClN4O2. The van der Waals surface area contributed by atoms with Crippen molar-refractivity contribution in [1.82, 2.24) is 4.98 Å². The second-order valence-electron chi connectivity index (χ2n) is 9.01. The maximum absolute atomic E-state index is 11.7. The van der Waals surface area contributed by atoms with E-state index >= 15 is 0 Å². The van der Waals surface area contributed by atoms with Gasteiger partial charge >= 0.3 is 0 Å². The lowest BCUT2D eigenvalue weighted by molar-refractivity contribution is -0.102. The van der Waals surface area contributed by atoms with Crippen molar-refractivity contribution in [2.45, 2.75) is 44.9 Å². The minimum atomic E-state index is 0.336. The summed E-state index contributed by atoms with van der Waals surface area (Å²) >= 11 is 6.05. The fourth-order valence-corrected chi connectivity index (χ4v) is 4.64. The SMILES string of the molecule is O=CC(=NCC1CCOCC1)Nc1ccc(-c2ccc(Cl)cc2)nc1NCC1CCCCC1. The van der Waals surface area contributed by atoms with Crippen molar-refractivity contribution < 1.29 is 9.53 Å². The first-order chi connectivity index (χ1) is 16.2. The number of nitrogens with one attached hydrogen (secondary N) is 2. The van der Waals surface area contributed by atoms with Crippen LogP contribution in [0.25, 0.3) is 11.3 Å². The number of hydrogen-bond donors (Lipinski definition) is 2. The van der Waals surface area contributed by atoms with E-state index < -0.39 is 0 Å². The van der Waals surface area contributed by atoms with Crippen LogP contribution in [0.1, 0.15) is 44.9 Å². The van der Waals surface area contributed by atoms with E-state index in [1.165, 1.54) is 32.1 Å². The molecule has 2 N–H and O–H groups in total. The van der Waals surface area contributed by atoms with E-state index in [-0.39, 0.29) is 0 Å². The zero-order valence-corrected chi connectivity index (χ0v) is 19.8. The van der Waals surface area contributed by atoms with Crippen molar-refractivity contribution in [3.05, 3.63) is 41.4 Å². The van der Waals surface area contributed by atoms with Crippen molar-refractivity contribution in [2.75, 3.05) is 36.9 Å². The summed E-state index contributed by atoms with van der Waals surface area (Å²) in [6.07, 6.45) is 9.19. The van der Waals surface area contributed by atoms with Crippen LogP contribution in [0.2, 0.25) is 5.02 Å². The maximum atomic E-state index is 11.7. The third-order valence-electron chi connectivity index (χ3n) is 6.55. The van der Waals surface area contributed by atoms with Crippen LogP contribution < -0.4 is 10.6 Å². The highest BCUT2D eigenvalue weighted by molar-refractivity contribution is 6.33. The first-order valence-electron chi connectivity index (χ1n) is 12.1. The second kappa shape index (κ2) is 12.1. The topological polar surface area (TPSA) is 75.6 Å². The number of hydrogen-bond acceptors (Lipinski definition) is 5. The smallest absolute Gasteiger partial charge is 0.185 e. The molecule has 1 saturated carbocycles. The summed E-state index contributed by atoms with van der Waals surface area (Å²) in [6.45, 7) is 3.05. The van der Waals surface area contributed by atoms with E-state index in [1.54, 1.807) is 0 Å². The first-order valence-corrected chi connectivity index (χ1v) is 12.4. The Morgan fingerprint density at radius 1 is 1.03 bits per heavy atom. The third-order valence-corrected chi connectivity index (χ3v) is 6.81. The number of nitrogens with zero attached hydrogens (tertiary/aromatic N) is 2. The molecule has 6 nitrogen and oxygen atoms in total. The van der Waals surface area contributed by atoms with E-state index in [1.807, 2.05) is 36.4 Å². The normalized spacial score (nSPS) is 18.2. The lowest BCUT2D eigenvalue weighted by Gasteiger charge is -2.23. The van der Waals surface area contributed by atoms with Gasteiger partial charge in [0.25, 0.3) is 0 Å². The van der Waals surface area contributed by atoms with Crippen LogP contribution in [0.4, 0.5) is 11.5 Å². The Kier molecular flexibility index (Phi) is 8.72. The Balaban J connectivity index is 1.52. The molecule has 0 amide bonds. The Morgan fingerprint density at radius 3 is 2.52 bits per heavy atom. The largest absolute Gasteiger partial charge is 0.381 e. The van der Waals surface area contributed by atoms with Gasteiger partial charge in [-0.1, -0.05) is 43.0 Å². The Labute approximate surface area is 201 Å². The number of amidine groups is 1. The van der Waals surface area contributed by atoms with Gasteiger partial charge in [0.05, 0.1) is 11.4 Å². The number of carbonyl (C=O) groups is 1. The molecule has 0 spiro atoms. The Hall–Kier alpha value is -2.44. The number of aromatic nitrogens is 1. The third kappa shape index (κ3) is 7.02. The number of anilines is 2. The van der Waals surface area contributed by atoms with Crippen molar-refractivity contribution in [3.63, 3.8) is 0 Å². The van der Waals surface area contributed by atoms with Gasteiger partial charge in [0, 0.05) is 36.9 Å². The van der Waals surface area contributed by atoms with Crippen LogP contribution in [-0.4, -0.2) is 43.4 Å². The average molecular weight is 469 g/mol. The molecule has 2 heterocycles. The molecule has 4 rings (SSSR count). The monoisotopic (exact) mass is 468 g/mol. The van der Waals surface area contributed by atoms with Crippen LogP contribution >= 0.6 is 11.6 Å². The Morgan fingerprint density at radius 2 is 1.79 bits per heavy atom. The van der Waals surface area contributed by atoms with Crippen LogP contribution in [0.15, 0.2) is 41.4 Å². The molecule has 2 aromatic rings. The van der Waals surface area contributed by atoms with Crippen molar-refractivity contribution in [3.8, 4) is 11.3 Å². The minimum absolute atomic E-state index is 0.336. The number of aliphatic imine (C=N–C) groups is 1. The highest BCUT2D eigenvalue weighted by Gasteiger charge is 2.16. The number of benzene rings is 1. The highest BCUT2D eigenvalue weighted by atomic mass is 35.5. The molecule has 1 aliphatic heterocycles. The van der Waals surface area contributed by atoms with Crippen LogP contribution in [0.5, 0.6) is 0 Å². The van der Waals surface area contributed by atoms with E-state index in [0.29, 0.717) is 29.2 Å². The van der Waals surface area contributed by atoms with Gasteiger partial charge in [-0.2, -0.15) is 0 Å². The number of carbonyl (C=O) groups excluding carboxylic acids is 1. The molecule has 0 bridgehead atoms.